The molecule has 1 aromatic rings. The number of hydrogen-bond donors (Lipinski definition) is 2. The van der Waals surface area contributed by atoms with Crippen LogP contribution in [0.3, 0.4) is 0 Å². The fourth-order valence-electron chi connectivity index (χ4n) is 3.19. The second-order valence-corrected chi connectivity index (χ2v) is 6.28. The minimum absolute atomic E-state index is 0.129. The van der Waals surface area contributed by atoms with Crippen molar-refractivity contribution in [3.63, 3.8) is 0 Å². The number of hydrogen-bond acceptors (Lipinski definition) is 4. The second kappa shape index (κ2) is 5.61. The molecule has 1 aromatic carbocycles. The van der Waals surface area contributed by atoms with E-state index >= 15 is 0 Å². The number of halogens is 1. The molecule has 0 amide bonds. The van der Waals surface area contributed by atoms with Gasteiger partial charge in [0.25, 0.3) is 0 Å². The molecule has 2 saturated heterocycles. The summed E-state index contributed by atoms with van der Waals surface area (Å²) in [6.45, 7) is 4.55. The Morgan fingerprint density at radius 3 is 2.95 bits per heavy atom. The summed E-state index contributed by atoms with van der Waals surface area (Å²) in [5.74, 6) is 0.129. The van der Waals surface area contributed by atoms with Gasteiger partial charge in [0.15, 0.2) is 5.84 Å². The van der Waals surface area contributed by atoms with Crippen LogP contribution in [0.15, 0.2) is 27.8 Å². The highest BCUT2D eigenvalue weighted by molar-refractivity contribution is 9.10. The summed E-state index contributed by atoms with van der Waals surface area (Å²) in [5.41, 5.74) is 7.55. The number of nitrogens with zero attached hydrogens (tertiary/aromatic N) is 3. The highest BCUT2D eigenvalue weighted by Crippen LogP contribution is 2.28. The molecule has 6 heteroatoms. The van der Waals surface area contributed by atoms with Gasteiger partial charge in [0.1, 0.15) is 0 Å². The van der Waals surface area contributed by atoms with Gasteiger partial charge in [-0.05, 0) is 53.5 Å². The van der Waals surface area contributed by atoms with Gasteiger partial charge in [0, 0.05) is 41.4 Å². The van der Waals surface area contributed by atoms with E-state index in [2.05, 4.69) is 37.0 Å². The van der Waals surface area contributed by atoms with Crippen LogP contribution in [0.1, 0.15) is 18.4 Å². The number of piperazine rings is 1. The van der Waals surface area contributed by atoms with E-state index in [1.165, 1.54) is 25.1 Å². The lowest BCUT2D eigenvalue weighted by Gasteiger charge is -2.39. The monoisotopic (exact) mass is 338 g/mol. The predicted molar refractivity (Wildman–Crippen MR) is 83.5 cm³/mol. The van der Waals surface area contributed by atoms with E-state index < -0.39 is 0 Å². The number of benzene rings is 1. The number of rotatable bonds is 2. The van der Waals surface area contributed by atoms with Crippen LogP contribution in [0.25, 0.3) is 0 Å². The van der Waals surface area contributed by atoms with Gasteiger partial charge >= 0.3 is 0 Å². The largest absolute Gasteiger partial charge is 0.409 e. The standard InChI is InChI=1S/C14H19BrN4O/c15-13-8-10(3-4-12(13)14(16)17-20)19-7-6-18-5-1-2-11(18)9-19/h3-4,8,11,20H,1-2,5-7,9H2,(H2,16,17). The first-order valence-corrected chi connectivity index (χ1v) is 7.75. The van der Waals surface area contributed by atoms with Gasteiger partial charge in [-0.2, -0.15) is 0 Å². The molecule has 2 aliphatic heterocycles. The summed E-state index contributed by atoms with van der Waals surface area (Å²) in [5, 5.41) is 11.8. The van der Waals surface area contributed by atoms with Crippen LogP contribution in [-0.2, 0) is 0 Å². The van der Waals surface area contributed by atoms with Crippen molar-refractivity contribution in [2.24, 2.45) is 10.9 Å². The zero-order chi connectivity index (χ0) is 14.1. The van der Waals surface area contributed by atoms with Gasteiger partial charge in [-0.25, -0.2) is 0 Å². The lowest BCUT2D eigenvalue weighted by Crippen LogP contribution is -2.50. The molecule has 2 heterocycles. The molecule has 2 aliphatic rings. The molecule has 108 valence electrons. The Labute approximate surface area is 127 Å². The number of nitrogens with two attached hydrogens (primary N) is 1. The Hall–Kier alpha value is -1.27. The predicted octanol–water partition coefficient (Wildman–Crippen LogP) is 1.83. The van der Waals surface area contributed by atoms with E-state index in [4.69, 9.17) is 10.9 Å². The summed E-state index contributed by atoms with van der Waals surface area (Å²) < 4.78 is 0.860. The van der Waals surface area contributed by atoms with E-state index in [0.717, 1.165) is 29.7 Å². The van der Waals surface area contributed by atoms with Crippen LogP contribution in [0, 0.1) is 0 Å². The molecule has 2 fully saturated rings. The number of amidine groups is 1. The molecule has 3 rings (SSSR count). The van der Waals surface area contributed by atoms with Crippen molar-refractivity contribution in [2.75, 3.05) is 31.1 Å². The third kappa shape index (κ3) is 2.50. The van der Waals surface area contributed by atoms with Crippen molar-refractivity contribution in [1.82, 2.24) is 4.90 Å². The molecule has 0 saturated carbocycles. The average Bonchev–Trinajstić information content (AvgIpc) is 2.93. The molecule has 1 atom stereocenters. The van der Waals surface area contributed by atoms with Gasteiger partial charge < -0.3 is 15.8 Å². The smallest absolute Gasteiger partial charge is 0.171 e. The maximum Gasteiger partial charge on any atom is 0.171 e. The quantitative estimate of drug-likeness (QED) is 0.373. The van der Waals surface area contributed by atoms with E-state index in [9.17, 15) is 0 Å². The summed E-state index contributed by atoms with van der Waals surface area (Å²) >= 11 is 3.50. The minimum atomic E-state index is 0.129. The van der Waals surface area contributed by atoms with Crippen LogP contribution in [0.2, 0.25) is 0 Å². The summed E-state index contributed by atoms with van der Waals surface area (Å²) in [6.07, 6.45) is 2.63. The van der Waals surface area contributed by atoms with Gasteiger partial charge in [-0.1, -0.05) is 5.16 Å². The van der Waals surface area contributed by atoms with E-state index in [0.29, 0.717) is 6.04 Å². The molecule has 0 radical (unpaired) electrons. The van der Waals surface area contributed by atoms with E-state index in [-0.39, 0.29) is 5.84 Å². The lowest BCUT2D eigenvalue weighted by atomic mass is 10.1. The van der Waals surface area contributed by atoms with Crippen LogP contribution < -0.4 is 10.6 Å². The molecular formula is C14H19BrN4O. The van der Waals surface area contributed by atoms with Crippen molar-refractivity contribution in [1.29, 1.82) is 0 Å². The zero-order valence-electron chi connectivity index (χ0n) is 11.3. The number of anilines is 1. The van der Waals surface area contributed by atoms with Gasteiger partial charge in [-0.15, -0.1) is 0 Å². The maximum atomic E-state index is 8.76. The van der Waals surface area contributed by atoms with Gasteiger partial charge in [-0.3, -0.25) is 4.90 Å². The molecule has 1 unspecified atom stereocenters. The first-order chi connectivity index (χ1) is 9.69. The number of oxime groups is 1. The topological polar surface area (TPSA) is 65.1 Å². The fraction of sp³-hybridized carbons (Fsp3) is 0.500. The third-order valence-corrected chi connectivity index (χ3v) is 4.94. The Balaban J connectivity index is 1.79. The minimum Gasteiger partial charge on any atom is -0.409 e. The van der Waals surface area contributed by atoms with Gasteiger partial charge in [0.2, 0.25) is 0 Å². The summed E-state index contributed by atoms with van der Waals surface area (Å²) in [7, 11) is 0. The van der Waals surface area contributed by atoms with Crippen LogP contribution >= 0.6 is 15.9 Å². The van der Waals surface area contributed by atoms with Crippen molar-refractivity contribution in [2.45, 2.75) is 18.9 Å². The van der Waals surface area contributed by atoms with Crippen molar-refractivity contribution in [3.05, 3.63) is 28.2 Å². The SMILES string of the molecule is N/C(=N/O)c1ccc(N2CCN3CCCC3C2)cc1Br. The first kappa shape index (κ1) is 13.7. The summed E-state index contributed by atoms with van der Waals surface area (Å²) in [4.78, 5) is 5.02. The lowest BCUT2D eigenvalue weighted by molar-refractivity contribution is 0.231. The molecule has 3 N–H and O–H groups in total. The van der Waals surface area contributed by atoms with Crippen molar-refractivity contribution < 1.29 is 5.21 Å². The highest BCUT2D eigenvalue weighted by atomic mass is 79.9. The fourth-order valence-corrected chi connectivity index (χ4v) is 3.76. The highest BCUT2D eigenvalue weighted by Gasteiger charge is 2.30. The Morgan fingerprint density at radius 1 is 1.35 bits per heavy atom. The third-order valence-electron chi connectivity index (χ3n) is 4.29. The molecule has 20 heavy (non-hydrogen) atoms. The molecule has 0 aromatic heterocycles. The zero-order valence-corrected chi connectivity index (χ0v) is 12.9. The Morgan fingerprint density at radius 2 is 2.20 bits per heavy atom. The van der Waals surface area contributed by atoms with Crippen LogP contribution in [-0.4, -0.2) is 48.2 Å². The van der Waals surface area contributed by atoms with Gasteiger partial charge in [0.05, 0.1) is 0 Å². The molecule has 0 spiro atoms. The van der Waals surface area contributed by atoms with Crippen LogP contribution in [0.4, 0.5) is 5.69 Å². The molecule has 0 bridgehead atoms. The molecular weight excluding hydrogens is 320 g/mol. The average molecular weight is 339 g/mol. The van der Waals surface area contributed by atoms with Crippen LogP contribution in [0.5, 0.6) is 0 Å². The Kier molecular flexibility index (Phi) is 3.85. The van der Waals surface area contributed by atoms with E-state index in [1.54, 1.807) is 0 Å². The number of fused-ring (bicyclic) bond motifs is 1. The second-order valence-electron chi connectivity index (χ2n) is 5.43. The van der Waals surface area contributed by atoms with Crippen molar-refractivity contribution in [3.8, 4) is 0 Å². The van der Waals surface area contributed by atoms with Crippen molar-refractivity contribution >= 4 is 27.5 Å². The molecule has 0 aliphatic carbocycles. The van der Waals surface area contributed by atoms with E-state index in [1.807, 2.05) is 12.1 Å². The maximum absolute atomic E-state index is 8.76. The normalized spacial score (nSPS) is 23.9. The Bertz CT molecular complexity index is 534. The molecule has 5 nitrogen and oxygen atoms in total. The first-order valence-electron chi connectivity index (χ1n) is 6.95. The summed E-state index contributed by atoms with van der Waals surface area (Å²) in [6, 6.07) is 6.70.